The van der Waals surface area contributed by atoms with Crippen LogP contribution in [0.3, 0.4) is 0 Å². The monoisotopic (exact) mass is 437 g/mol. The van der Waals surface area contributed by atoms with Crippen LogP contribution in [0.5, 0.6) is 5.88 Å². The number of ether oxygens (including phenoxy) is 2. The highest BCUT2D eigenvalue weighted by atomic mass is 31.2. The zero-order chi connectivity index (χ0) is 21.4. The molecule has 3 heterocycles. The molecule has 1 aliphatic heterocycles. The lowest BCUT2D eigenvalue weighted by Crippen LogP contribution is -2.58. The number of methoxy groups -OCH3 is 1. The summed E-state index contributed by atoms with van der Waals surface area (Å²) < 4.78 is 70.0. The van der Waals surface area contributed by atoms with Gasteiger partial charge in [-0.1, -0.05) is 0 Å². The molecule has 11 nitrogen and oxygen atoms in total. The van der Waals surface area contributed by atoms with Crippen molar-refractivity contribution in [1.82, 2.24) is 19.5 Å². The summed E-state index contributed by atoms with van der Waals surface area (Å²) in [4.78, 5) is 12.0. The van der Waals surface area contributed by atoms with Crippen molar-refractivity contribution in [3.05, 3.63) is 6.33 Å². The SMILES string of the molecule is CCOc1nc(N)nc2c1ncn2[C@](C)(F)[C@@H]1OP(=O)(OCC)OC[C@@]1(F)OC. The summed E-state index contributed by atoms with van der Waals surface area (Å²) in [6, 6.07) is 0. The second kappa shape index (κ2) is 7.73. The van der Waals surface area contributed by atoms with Crippen LogP contribution in [0.15, 0.2) is 6.33 Å². The van der Waals surface area contributed by atoms with E-state index >= 15 is 8.78 Å². The number of hydrogen-bond donors (Lipinski definition) is 1. The van der Waals surface area contributed by atoms with E-state index in [1.807, 2.05) is 0 Å². The molecular weight excluding hydrogens is 415 g/mol. The van der Waals surface area contributed by atoms with Crippen LogP contribution in [0.1, 0.15) is 20.8 Å². The van der Waals surface area contributed by atoms with Gasteiger partial charge in [0.05, 0.1) is 19.5 Å². The molecule has 2 N–H and O–H groups in total. The molecule has 2 aromatic rings. The summed E-state index contributed by atoms with van der Waals surface area (Å²) in [5.41, 5.74) is 5.71. The Morgan fingerprint density at radius 2 is 2.17 bits per heavy atom. The van der Waals surface area contributed by atoms with Crippen LogP contribution in [-0.2, 0) is 28.7 Å². The summed E-state index contributed by atoms with van der Waals surface area (Å²) in [7, 11) is -3.22. The van der Waals surface area contributed by atoms with E-state index in [0.717, 1.165) is 24.9 Å². The molecule has 1 aliphatic rings. The number of alkyl halides is 2. The molecule has 0 aromatic carbocycles. The van der Waals surface area contributed by atoms with Crippen molar-refractivity contribution < 1.29 is 36.4 Å². The zero-order valence-corrected chi connectivity index (χ0v) is 17.2. The number of aromatic nitrogens is 4. The average Bonchev–Trinajstić information content (AvgIpc) is 3.09. The van der Waals surface area contributed by atoms with E-state index in [4.69, 9.17) is 28.8 Å². The number of phosphoric ester groups is 1. The molecular formula is C15H22F2N5O6P. The van der Waals surface area contributed by atoms with Crippen molar-refractivity contribution in [3.63, 3.8) is 0 Å². The van der Waals surface area contributed by atoms with Crippen molar-refractivity contribution in [2.24, 2.45) is 0 Å². The van der Waals surface area contributed by atoms with Crippen LogP contribution < -0.4 is 10.5 Å². The second-order valence-electron chi connectivity index (χ2n) is 6.24. The summed E-state index contributed by atoms with van der Waals surface area (Å²) in [5.74, 6) is -5.66. The number of imidazole rings is 1. The number of nitrogens with two attached hydrogens (primary N) is 1. The van der Waals surface area contributed by atoms with Crippen LogP contribution >= 0.6 is 7.82 Å². The third kappa shape index (κ3) is 3.80. The highest BCUT2D eigenvalue weighted by molar-refractivity contribution is 7.48. The largest absolute Gasteiger partial charge is 0.476 e. The van der Waals surface area contributed by atoms with Gasteiger partial charge in [-0.3, -0.25) is 18.1 Å². The second-order valence-corrected chi connectivity index (χ2v) is 7.87. The van der Waals surface area contributed by atoms with E-state index in [9.17, 15) is 4.57 Å². The first-order valence-electron chi connectivity index (χ1n) is 8.74. The Labute approximate surface area is 165 Å². The van der Waals surface area contributed by atoms with Crippen molar-refractivity contribution in [3.8, 4) is 5.88 Å². The van der Waals surface area contributed by atoms with Gasteiger partial charge in [0.2, 0.25) is 17.6 Å². The molecule has 2 aromatic heterocycles. The molecule has 1 saturated heterocycles. The lowest BCUT2D eigenvalue weighted by Gasteiger charge is -2.43. The van der Waals surface area contributed by atoms with Gasteiger partial charge < -0.3 is 15.2 Å². The fourth-order valence-corrected chi connectivity index (χ4v) is 4.39. The fourth-order valence-electron chi connectivity index (χ4n) is 2.94. The third-order valence-corrected chi connectivity index (χ3v) is 5.77. The van der Waals surface area contributed by atoms with E-state index < -0.39 is 32.2 Å². The van der Waals surface area contributed by atoms with Gasteiger partial charge in [-0.25, -0.2) is 18.3 Å². The van der Waals surface area contributed by atoms with Crippen LogP contribution in [0.25, 0.3) is 11.2 Å². The molecule has 0 amide bonds. The number of fused-ring (bicyclic) bond motifs is 1. The maximum atomic E-state index is 16.1. The lowest BCUT2D eigenvalue weighted by atomic mass is 10.0. The number of rotatable bonds is 7. The highest BCUT2D eigenvalue weighted by Gasteiger charge is 2.61. The van der Waals surface area contributed by atoms with E-state index in [-0.39, 0.29) is 36.2 Å². The number of nitrogens with zero attached hydrogens (tertiary/aromatic N) is 4. The molecule has 14 heteroatoms. The predicted molar refractivity (Wildman–Crippen MR) is 96.6 cm³/mol. The molecule has 1 fully saturated rings. The predicted octanol–water partition coefficient (Wildman–Crippen LogP) is 2.32. The molecule has 0 spiro atoms. The third-order valence-electron chi connectivity index (χ3n) is 4.28. The Balaban J connectivity index is 2.12. The van der Waals surface area contributed by atoms with Gasteiger partial charge in [0.15, 0.2) is 17.3 Å². The maximum absolute atomic E-state index is 16.1. The van der Waals surface area contributed by atoms with Crippen molar-refractivity contribution in [2.45, 2.75) is 38.5 Å². The van der Waals surface area contributed by atoms with Crippen molar-refractivity contribution in [1.29, 1.82) is 0 Å². The first kappa shape index (κ1) is 21.8. The maximum Gasteiger partial charge on any atom is 0.475 e. The summed E-state index contributed by atoms with van der Waals surface area (Å²) in [6.45, 7) is 3.56. The van der Waals surface area contributed by atoms with Crippen LogP contribution in [0.2, 0.25) is 0 Å². The number of hydrogen-bond acceptors (Lipinski definition) is 10. The van der Waals surface area contributed by atoms with Gasteiger partial charge in [-0.2, -0.15) is 9.97 Å². The van der Waals surface area contributed by atoms with E-state index in [0.29, 0.717) is 0 Å². The smallest absolute Gasteiger partial charge is 0.475 e. The molecule has 0 radical (unpaired) electrons. The summed E-state index contributed by atoms with van der Waals surface area (Å²) in [6.07, 6.45) is -1.00. The Hall–Kier alpha value is -1.92. The van der Waals surface area contributed by atoms with Gasteiger partial charge in [0, 0.05) is 7.11 Å². The van der Waals surface area contributed by atoms with Crippen LogP contribution in [-0.4, -0.2) is 58.4 Å². The molecule has 0 saturated carbocycles. The summed E-state index contributed by atoms with van der Waals surface area (Å²) in [5, 5.41) is 0. The Morgan fingerprint density at radius 1 is 1.45 bits per heavy atom. The zero-order valence-electron chi connectivity index (χ0n) is 16.3. The van der Waals surface area contributed by atoms with E-state index in [1.54, 1.807) is 6.92 Å². The molecule has 1 unspecified atom stereocenters. The average molecular weight is 437 g/mol. The first-order chi connectivity index (χ1) is 13.6. The topological polar surface area (TPSA) is 133 Å². The minimum atomic E-state index is -4.23. The normalized spacial score (nSPS) is 29.7. The number of anilines is 1. The molecule has 0 bridgehead atoms. The Morgan fingerprint density at radius 3 is 2.79 bits per heavy atom. The van der Waals surface area contributed by atoms with E-state index in [2.05, 4.69) is 15.0 Å². The van der Waals surface area contributed by atoms with Gasteiger partial charge >= 0.3 is 7.82 Å². The standard InChI is InChI=1S/C15H22F2N5O6P/c1-5-25-11-9-10(20-13(18)21-11)22(8-19-9)14(3,16)12-15(17,24-4)7-27-29(23,28-12)26-6-2/h8,12H,5-7H2,1-4H3,(H2,18,20,21)/t12-,14-,15+,29?/m0/s1. The highest BCUT2D eigenvalue weighted by Crippen LogP contribution is 2.59. The molecule has 4 atom stereocenters. The number of halogens is 2. The quantitative estimate of drug-likeness (QED) is 0.643. The van der Waals surface area contributed by atoms with Crippen LogP contribution in [0, 0.1) is 0 Å². The van der Waals surface area contributed by atoms with Crippen LogP contribution in [0.4, 0.5) is 14.7 Å². The van der Waals surface area contributed by atoms with Gasteiger partial charge in [0.25, 0.3) is 5.85 Å². The van der Waals surface area contributed by atoms with Gasteiger partial charge in [0.1, 0.15) is 6.61 Å². The fraction of sp³-hybridized carbons (Fsp3) is 0.667. The van der Waals surface area contributed by atoms with Crippen molar-refractivity contribution in [2.75, 3.05) is 32.7 Å². The number of nitrogen functional groups attached to an aromatic ring is 1. The lowest BCUT2D eigenvalue weighted by molar-refractivity contribution is -0.269. The van der Waals surface area contributed by atoms with Gasteiger partial charge in [-0.15, -0.1) is 0 Å². The molecule has 29 heavy (non-hydrogen) atoms. The minimum absolute atomic E-state index is 0.0377. The first-order valence-corrected chi connectivity index (χ1v) is 10.2. The molecule has 3 rings (SSSR count). The Kier molecular flexibility index (Phi) is 5.80. The van der Waals surface area contributed by atoms with Gasteiger partial charge in [-0.05, 0) is 20.8 Å². The molecule has 162 valence electrons. The Bertz CT molecular complexity index is 943. The van der Waals surface area contributed by atoms with Crippen molar-refractivity contribution >= 4 is 24.9 Å². The molecule has 0 aliphatic carbocycles. The summed E-state index contributed by atoms with van der Waals surface area (Å²) >= 11 is 0. The number of phosphoric acid groups is 1. The van der Waals surface area contributed by atoms with E-state index in [1.165, 1.54) is 6.92 Å². The minimum Gasteiger partial charge on any atom is -0.476 e.